The summed E-state index contributed by atoms with van der Waals surface area (Å²) < 4.78 is 5.47. The summed E-state index contributed by atoms with van der Waals surface area (Å²) in [5.74, 6) is -0.171. The molecule has 1 radical (unpaired) electrons. The molecule has 0 saturated heterocycles. The first-order chi connectivity index (χ1) is 9.47. The molecule has 0 saturated carbocycles. The van der Waals surface area contributed by atoms with Crippen molar-refractivity contribution < 1.29 is 67.8 Å². The van der Waals surface area contributed by atoms with Crippen molar-refractivity contribution in [1.29, 1.82) is 0 Å². The number of amides is 1. The summed E-state index contributed by atoms with van der Waals surface area (Å²) in [6.07, 6.45) is 0.564. The summed E-state index contributed by atoms with van der Waals surface area (Å²) >= 11 is 0. The number of para-hydroxylation sites is 1. The Bertz CT molecular complexity index is 607. The summed E-state index contributed by atoms with van der Waals surface area (Å²) in [6.45, 7) is 7.38. The Morgan fingerprint density at radius 3 is 2.39 bits per heavy atom. The van der Waals surface area contributed by atoms with E-state index in [0.717, 1.165) is 5.39 Å². The Hall–Kier alpha value is -0.438. The van der Waals surface area contributed by atoms with Gasteiger partial charge in [-0.1, -0.05) is 32.0 Å². The van der Waals surface area contributed by atoms with Crippen LogP contribution < -0.4 is 5.32 Å². The van der Waals surface area contributed by atoms with Crippen molar-refractivity contribution >= 4 is 22.7 Å². The Balaban J connectivity index is 0. The molecule has 4 nitrogen and oxygen atoms in total. The van der Waals surface area contributed by atoms with Gasteiger partial charge < -0.3 is 28.9 Å². The van der Waals surface area contributed by atoms with Crippen LogP contribution in [0, 0.1) is 20.3 Å². The molecule has 1 aromatic carbocycles. The van der Waals surface area contributed by atoms with Crippen molar-refractivity contribution in [3.05, 3.63) is 50.4 Å². The maximum Gasteiger partial charge on any atom is 0.287 e. The number of hydrogen-bond acceptors (Lipinski definition) is 3. The summed E-state index contributed by atoms with van der Waals surface area (Å²) in [6, 6.07) is 8.48. The number of furan rings is 1. The van der Waals surface area contributed by atoms with Crippen LogP contribution in [-0.2, 0) is 58.6 Å². The van der Waals surface area contributed by atoms with Crippen molar-refractivity contribution in [2.45, 2.75) is 26.3 Å². The van der Waals surface area contributed by atoms with E-state index < -0.39 is 6.04 Å². The second-order valence-electron chi connectivity index (χ2n) is 5.27. The van der Waals surface area contributed by atoms with Gasteiger partial charge in [0.25, 0.3) is 5.91 Å². The Labute approximate surface area is 177 Å². The van der Waals surface area contributed by atoms with Gasteiger partial charge >= 0.3 is 0 Å². The van der Waals surface area contributed by atoms with E-state index in [1.54, 1.807) is 12.1 Å². The molecule has 0 bridgehead atoms. The summed E-state index contributed by atoms with van der Waals surface area (Å²) in [7, 11) is 0. The van der Waals surface area contributed by atoms with E-state index in [4.69, 9.17) is 4.42 Å². The van der Waals surface area contributed by atoms with Crippen LogP contribution in [0.2, 0.25) is 0 Å². The van der Waals surface area contributed by atoms with Crippen LogP contribution in [0.1, 0.15) is 30.8 Å². The van der Waals surface area contributed by atoms with Gasteiger partial charge in [0.15, 0.2) is 5.76 Å². The molecule has 2 rings (SSSR count). The zero-order valence-corrected chi connectivity index (χ0v) is 19.4. The molecule has 0 aliphatic carbocycles. The predicted molar refractivity (Wildman–Crippen MR) is 83.7 cm³/mol. The zero-order valence-electron chi connectivity index (χ0n) is 13.7. The SMILES string of the molecule is [CH2-]C(=O)[C@H](CC(C)C)NC(=O)c1cc2ccccc2o1.[CH3-].[W].[Y]. The third-order valence-corrected chi connectivity index (χ3v) is 3.05. The number of carbonyl (C=O) groups excluding carboxylic acids is 2. The number of ketones is 1. The van der Waals surface area contributed by atoms with E-state index in [0.29, 0.717) is 17.9 Å². The van der Waals surface area contributed by atoms with Crippen molar-refractivity contribution in [3.63, 3.8) is 0 Å². The van der Waals surface area contributed by atoms with Crippen molar-refractivity contribution in [2.24, 2.45) is 5.92 Å². The van der Waals surface area contributed by atoms with Crippen LogP contribution in [0.15, 0.2) is 34.7 Å². The number of carbonyl (C=O) groups is 2. The second kappa shape index (κ2) is 11.2. The van der Waals surface area contributed by atoms with Gasteiger partial charge in [0, 0.05) is 64.9 Å². The van der Waals surface area contributed by atoms with E-state index >= 15 is 0 Å². The maximum atomic E-state index is 12.1. The van der Waals surface area contributed by atoms with Crippen LogP contribution in [0.4, 0.5) is 0 Å². The average molecular weight is 560 g/mol. The minimum absolute atomic E-state index is 0. The number of hydrogen-bond donors (Lipinski definition) is 1. The van der Waals surface area contributed by atoms with E-state index in [9.17, 15) is 9.59 Å². The number of Topliss-reactive ketones (excluding diaryl/α,β-unsaturated/α-hetero) is 1. The molecule has 23 heavy (non-hydrogen) atoms. The standard InChI is InChI=1S/C16H18NO3.CH3.W.Y/c1-10(2)8-13(11(3)18)17-16(19)15-9-12-6-4-5-7-14(12)20-15;;;/h4-7,9-10,13H,3,8H2,1-2H3,(H,17,19);1H3;;/q2*-1;;/t13-;;;/m0.../s1. The van der Waals surface area contributed by atoms with Gasteiger partial charge in [-0.2, -0.15) is 0 Å². The minimum Gasteiger partial charge on any atom is -0.451 e. The molecule has 1 aromatic heterocycles. The summed E-state index contributed by atoms with van der Waals surface area (Å²) in [4.78, 5) is 23.6. The number of fused-ring (bicyclic) bond motifs is 1. The molecule has 0 aliphatic heterocycles. The summed E-state index contributed by atoms with van der Waals surface area (Å²) in [5, 5.41) is 3.54. The average Bonchev–Trinajstić information content (AvgIpc) is 2.81. The largest absolute Gasteiger partial charge is 0.451 e. The smallest absolute Gasteiger partial charge is 0.287 e. The Morgan fingerprint density at radius 1 is 1.26 bits per heavy atom. The topological polar surface area (TPSA) is 59.3 Å². The van der Waals surface area contributed by atoms with Crippen molar-refractivity contribution in [1.82, 2.24) is 5.32 Å². The van der Waals surface area contributed by atoms with Gasteiger partial charge in [0.1, 0.15) is 5.58 Å². The molecule has 0 spiro atoms. The molecule has 0 aliphatic rings. The van der Waals surface area contributed by atoms with Gasteiger partial charge in [-0.25, -0.2) is 0 Å². The number of nitrogens with one attached hydrogen (secondary N) is 1. The third-order valence-electron chi connectivity index (χ3n) is 3.05. The predicted octanol–water partition coefficient (Wildman–Crippen LogP) is 3.43. The van der Waals surface area contributed by atoms with Crippen LogP contribution in [0.25, 0.3) is 11.0 Å². The van der Waals surface area contributed by atoms with Gasteiger partial charge in [-0.05, 0) is 24.5 Å². The fourth-order valence-corrected chi connectivity index (χ4v) is 2.07. The van der Waals surface area contributed by atoms with E-state index in [1.165, 1.54) is 0 Å². The van der Waals surface area contributed by atoms with E-state index in [2.05, 4.69) is 12.2 Å². The molecule has 123 valence electrons. The Kier molecular flexibility index (Phi) is 12.1. The second-order valence-corrected chi connectivity index (χ2v) is 5.27. The molecule has 1 N–H and O–H groups in total. The van der Waals surface area contributed by atoms with E-state index in [1.807, 2.05) is 32.0 Å². The van der Waals surface area contributed by atoms with Crippen LogP contribution in [0.3, 0.4) is 0 Å². The Morgan fingerprint density at radius 2 is 1.87 bits per heavy atom. The molecule has 0 unspecified atom stereocenters. The minimum atomic E-state index is -0.573. The number of rotatable bonds is 5. The van der Waals surface area contributed by atoms with Crippen LogP contribution in [-0.4, -0.2) is 17.7 Å². The quantitative estimate of drug-likeness (QED) is 0.571. The molecule has 6 heteroatoms. The van der Waals surface area contributed by atoms with Gasteiger partial charge in [0.2, 0.25) is 0 Å². The molecule has 0 fully saturated rings. The fraction of sp³-hybridized carbons (Fsp3) is 0.294. The van der Waals surface area contributed by atoms with Gasteiger partial charge in [0.05, 0.1) is 6.04 Å². The first kappa shape index (κ1) is 24.8. The first-order valence-electron chi connectivity index (χ1n) is 6.62. The van der Waals surface area contributed by atoms with Crippen molar-refractivity contribution in [2.75, 3.05) is 0 Å². The molecule has 2 aromatic rings. The number of benzene rings is 1. The molecule has 1 heterocycles. The maximum absolute atomic E-state index is 12.1. The summed E-state index contributed by atoms with van der Waals surface area (Å²) in [5.41, 5.74) is 0.652. The fourth-order valence-electron chi connectivity index (χ4n) is 2.07. The monoisotopic (exact) mass is 560 g/mol. The van der Waals surface area contributed by atoms with E-state index in [-0.39, 0.29) is 78.7 Å². The molecule has 1 atom stereocenters. The molecule has 1 amide bonds. The van der Waals surface area contributed by atoms with Crippen LogP contribution >= 0.6 is 0 Å². The zero-order chi connectivity index (χ0) is 14.7. The van der Waals surface area contributed by atoms with Gasteiger partial charge in [-0.15, -0.1) is 0 Å². The van der Waals surface area contributed by atoms with Crippen LogP contribution in [0.5, 0.6) is 0 Å². The van der Waals surface area contributed by atoms with Crippen molar-refractivity contribution in [3.8, 4) is 0 Å². The first-order valence-corrected chi connectivity index (χ1v) is 6.62. The third kappa shape index (κ3) is 6.91. The van der Waals surface area contributed by atoms with Gasteiger partial charge in [-0.3, -0.25) is 4.79 Å². The normalized spacial score (nSPS) is 10.9. The molecular weight excluding hydrogens is 539 g/mol. The molecular formula is C17H21NO3WY-2.